The first-order valence-electron chi connectivity index (χ1n) is 6.50. The van der Waals surface area contributed by atoms with E-state index in [0.717, 1.165) is 15.4 Å². The highest BCUT2D eigenvalue weighted by Crippen LogP contribution is 2.29. The van der Waals surface area contributed by atoms with Gasteiger partial charge >= 0.3 is 5.97 Å². The molecule has 0 bridgehead atoms. The van der Waals surface area contributed by atoms with Crippen molar-refractivity contribution in [2.75, 3.05) is 20.2 Å². The second-order valence-corrected chi connectivity index (χ2v) is 5.74. The van der Waals surface area contributed by atoms with Gasteiger partial charge in [-0.3, -0.25) is 14.7 Å². The molecule has 2 rings (SSSR count). The Labute approximate surface area is 126 Å². The predicted molar refractivity (Wildman–Crippen MR) is 80.1 cm³/mol. The fraction of sp³-hybridized carbons (Fsp3) is 0.357. The standard InChI is InChI=1S/C14H17N3O3S/c1-17(6-7-18)9-12-11(8-13(19)20)16-14(21-12)10-2-4-15-5-3-10/h2-5,18H,6-9H2,1H3,(H,19,20). The van der Waals surface area contributed by atoms with Crippen molar-refractivity contribution in [1.82, 2.24) is 14.9 Å². The van der Waals surface area contributed by atoms with Crippen molar-refractivity contribution in [2.24, 2.45) is 0 Å². The number of likely N-dealkylation sites (N-methyl/N-ethyl adjacent to an activating group) is 1. The molecule has 0 aliphatic carbocycles. The lowest BCUT2D eigenvalue weighted by Gasteiger charge is -2.13. The van der Waals surface area contributed by atoms with Crippen LogP contribution in [-0.2, 0) is 17.8 Å². The Morgan fingerprint density at radius 2 is 2.10 bits per heavy atom. The van der Waals surface area contributed by atoms with Gasteiger partial charge in [0.25, 0.3) is 0 Å². The van der Waals surface area contributed by atoms with Crippen molar-refractivity contribution in [3.63, 3.8) is 0 Å². The van der Waals surface area contributed by atoms with Gasteiger partial charge in [0.05, 0.1) is 18.7 Å². The molecule has 2 aromatic heterocycles. The lowest BCUT2D eigenvalue weighted by Crippen LogP contribution is -2.21. The van der Waals surface area contributed by atoms with Crippen molar-refractivity contribution >= 4 is 17.3 Å². The summed E-state index contributed by atoms with van der Waals surface area (Å²) in [4.78, 5) is 22.3. The molecule has 0 radical (unpaired) electrons. The molecule has 0 saturated carbocycles. The van der Waals surface area contributed by atoms with Crippen LogP contribution in [0.5, 0.6) is 0 Å². The molecule has 2 aromatic rings. The van der Waals surface area contributed by atoms with E-state index in [2.05, 4.69) is 9.97 Å². The highest BCUT2D eigenvalue weighted by atomic mass is 32.1. The van der Waals surface area contributed by atoms with E-state index in [-0.39, 0.29) is 13.0 Å². The van der Waals surface area contributed by atoms with E-state index in [1.165, 1.54) is 11.3 Å². The van der Waals surface area contributed by atoms with Crippen LogP contribution in [0.4, 0.5) is 0 Å². The molecule has 0 amide bonds. The number of pyridine rings is 1. The highest BCUT2D eigenvalue weighted by molar-refractivity contribution is 7.15. The number of carboxylic acids is 1. The van der Waals surface area contributed by atoms with E-state index >= 15 is 0 Å². The minimum Gasteiger partial charge on any atom is -0.481 e. The maximum absolute atomic E-state index is 11.0. The van der Waals surface area contributed by atoms with Crippen molar-refractivity contribution < 1.29 is 15.0 Å². The zero-order chi connectivity index (χ0) is 15.2. The average Bonchev–Trinajstić information content (AvgIpc) is 2.82. The number of aliphatic carboxylic acids is 1. The summed E-state index contributed by atoms with van der Waals surface area (Å²) < 4.78 is 0. The summed E-state index contributed by atoms with van der Waals surface area (Å²) in [7, 11) is 1.88. The fourth-order valence-corrected chi connectivity index (χ4v) is 3.06. The second-order valence-electron chi connectivity index (χ2n) is 4.66. The molecular formula is C14H17N3O3S. The Balaban J connectivity index is 2.28. The normalized spacial score (nSPS) is 11.0. The van der Waals surface area contributed by atoms with E-state index in [0.29, 0.717) is 18.8 Å². The van der Waals surface area contributed by atoms with Crippen LogP contribution in [0.15, 0.2) is 24.5 Å². The maximum Gasteiger partial charge on any atom is 0.309 e. The summed E-state index contributed by atoms with van der Waals surface area (Å²) in [6.07, 6.45) is 3.28. The lowest BCUT2D eigenvalue weighted by molar-refractivity contribution is -0.136. The van der Waals surface area contributed by atoms with Crippen molar-refractivity contribution in [3.8, 4) is 10.6 Å². The van der Waals surface area contributed by atoms with Gasteiger partial charge in [-0.05, 0) is 19.2 Å². The number of carboxylic acid groups (broad SMARTS) is 1. The first-order valence-corrected chi connectivity index (χ1v) is 7.32. The monoisotopic (exact) mass is 307 g/mol. The summed E-state index contributed by atoms with van der Waals surface area (Å²) in [5, 5.41) is 18.8. The van der Waals surface area contributed by atoms with Gasteiger partial charge in [-0.25, -0.2) is 4.98 Å². The number of rotatable bonds is 7. The second kappa shape index (κ2) is 7.26. The number of aromatic nitrogens is 2. The number of thiazole rings is 1. The summed E-state index contributed by atoms with van der Waals surface area (Å²) in [6, 6.07) is 3.70. The molecule has 0 aliphatic rings. The van der Waals surface area contributed by atoms with Crippen LogP contribution in [0, 0.1) is 0 Å². The molecule has 7 heteroatoms. The minimum absolute atomic E-state index is 0.0702. The summed E-state index contributed by atoms with van der Waals surface area (Å²) >= 11 is 1.48. The zero-order valence-electron chi connectivity index (χ0n) is 11.7. The molecule has 0 saturated heterocycles. The largest absolute Gasteiger partial charge is 0.481 e. The lowest BCUT2D eigenvalue weighted by atomic mass is 10.2. The van der Waals surface area contributed by atoms with Gasteiger partial charge in [0.2, 0.25) is 0 Å². The Bertz CT molecular complexity index is 601. The summed E-state index contributed by atoms with van der Waals surface area (Å²) in [6.45, 7) is 1.18. The summed E-state index contributed by atoms with van der Waals surface area (Å²) in [5.74, 6) is -0.896. The first kappa shape index (κ1) is 15.6. The number of aliphatic hydroxyl groups is 1. The maximum atomic E-state index is 11.0. The van der Waals surface area contributed by atoms with Crippen LogP contribution in [0.2, 0.25) is 0 Å². The van der Waals surface area contributed by atoms with Crippen LogP contribution in [-0.4, -0.2) is 51.2 Å². The Morgan fingerprint density at radius 3 is 2.71 bits per heavy atom. The highest BCUT2D eigenvalue weighted by Gasteiger charge is 2.16. The topological polar surface area (TPSA) is 86.5 Å². The molecule has 2 heterocycles. The van der Waals surface area contributed by atoms with Gasteiger partial charge < -0.3 is 10.2 Å². The Hall–Kier alpha value is -1.83. The third-order valence-corrected chi connectivity index (χ3v) is 4.05. The van der Waals surface area contributed by atoms with E-state index in [4.69, 9.17) is 10.2 Å². The van der Waals surface area contributed by atoms with E-state index in [1.54, 1.807) is 12.4 Å². The SMILES string of the molecule is CN(CCO)Cc1sc(-c2ccncc2)nc1CC(=O)O. The summed E-state index contributed by atoms with van der Waals surface area (Å²) in [5.41, 5.74) is 1.52. The molecular weight excluding hydrogens is 290 g/mol. The van der Waals surface area contributed by atoms with E-state index in [9.17, 15) is 4.79 Å². The van der Waals surface area contributed by atoms with Crippen LogP contribution >= 0.6 is 11.3 Å². The quantitative estimate of drug-likeness (QED) is 0.801. The number of carbonyl (C=O) groups is 1. The molecule has 6 nitrogen and oxygen atoms in total. The smallest absolute Gasteiger partial charge is 0.309 e. The molecule has 0 unspecified atom stereocenters. The van der Waals surface area contributed by atoms with Gasteiger partial charge in [0.1, 0.15) is 5.01 Å². The third kappa shape index (κ3) is 4.32. The molecule has 0 atom stereocenters. The van der Waals surface area contributed by atoms with Crippen LogP contribution in [0.3, 0.4) is 0 Å². The van der Waals surface area contributed by atoms with E-state index in [1.807, 2.05) is 24.1 Å². The predicted octanol–water partition coefficient (Wildman–Crippen LogP) is 1.26. The third-order valence-electron chi connectivity index (χ3n) is 2.92. The number of aliphatic hydroxyl groups excluding tert-OH is 1. The molecule has 0 spiro atoms. The van der Waals surface area contributed by atoms with Gasteiger partial charge in [0, 0.05) is 35.9 Å². The minimum atomic E-state index is -0.896. The van der Waals surface area contributed by atoms with Crippen molar-refractivity contribution in [3.05, 3.63) is 35.1 Å². The van der Waals surface area contributed by atoms with Crippen molar-refractivity contribution in [2.45, 2.75) is 13.0 Å². The van der Waals surface area contributed by atoms with Crippen molar-refractivity contribution in [1.29, 1.82) is 0 Å². The number of nitrogens with zero attached hydrogens (tertiary/aromatic N) is 3. The van der Waals surface area contributed by atoms with Gasteiger partial charge in [0.15, 0.2) is 0 Å². The zero-order valence-corrected chi connectivity index (χ0v) is 12.5. The fourth-order valence-electron chi connectivity index (χ4n) is 1.90. The first-order chi connectivity index (χ1) is 10.1. The molecule has 0 fully saturated rings. The molecule has 0 aliphatic heterocycles. The number of hydrogen-bond donors (Lipinski definition) is 2. The van der Waals surface area contributed by atoms with Crippen LogP contribution in [0.1, 0.15) is 10.6 Å². The molecule has 112 valence electrons. The van der Waals surface area contributed by atoms with Gasteiger partial charge in [-0.15, -0.1) is 11.3 Å². The number of hydrogen-bond acceptors (Lipinski definition) is 6. The van der Waals surface area contributed by atoms with Gasteiger partial charge in [-0.2, -0.15) is 0 Å². The Kier molecular flexibility index (Phi) is 5.38. The van der Waals surface area contributed by atoms with Crippen LogP contribution in [0.25, 0.3) is 10.6 Å². The Morgan fingerprint density at radius 1 is 1.38 bits per heavy atom. The molecule has 21 heavy (non-hydrogen) atoms. The van der Waals surface area contributed by atoms with E-state index < -0.39 is 5.97 Å². The van der Waals surface area contributed by atoms with Crippen LogP contribution < -0.4 is 0 Å². The molecule has 2 N–H and O–H groups in total. The average molecular weight is 307 g/mol. The molecule has 0 aromatic carbocycles. The van der Waals surface area contributed by atoms with Gasteiger partial charge in [-0.1, -0.05) is 0 Å².